The summed E-state index contributed by atoms with van der Waals surface area (Å²) in [6.07, 6.45) is 0. The number of furan rings is 1. The molecule has 2 aromatic carbocycles. The van der Waals surface area contributed by atoms with E-state index in [2.05, 4.69) is 15.9 Å². The normalized spacial score (nSPS) is 10.9. The molecule has 0 aliphatic rings. The monoisotopic (exact) mass is 349 g/mol. The van der Waals surface area contributed by atoms with Gasteiger partial charge in [0.25, 0.3) is 0 Å². The van der Waals surface area contributed by atoms with Gasteiger partial charge in [-0.3, -0.25) is 4.79 Å². The van der Waals surface area contributed by atoms with E-state index >= 15 is 0 Å². The maximum absolute atomic E-state index is 12.4. The van der Waals surface area contributed by atoms with Gasteiger partial charge in [0.05, 0.1) is 0 Å². The van der Waals surface area contributed by atoms with Crippen molar-refractivity contribution in [2.24, 2.45) is 0 Å². The van der Waals surface area contributed by atoms with Crippen molar-refractivity contribution in [1.82, 2.24) is 0 Å². The van der Waals surface area contributed by atoms with Gasteiger partial charge in [-0.2, -0.15) is 0 Å². The summed E-state index contributed by atoms with van der Waals surface area (Å²) in [5.74, 6) is 0.0464. The minimum Gasteiger partial charge on any atom is -0.453 e. The standard InChI is InChI=1S/C15H9BrClNO2/c16-10-3-9(5-12(18)7-10)15(19)14-6-8-4-11(17)1-2-13(8)20-14/h1-7H,18H2. The maximum Gasteiger partial charge on any atom is 0.228 e. The van der Waals surface area contributed by atoms with Crippen LogP contribution < -0.4 is 5.73 Å². The van der Waals surface area contributed by atoms with Crippen LogP contribution in [0.15, 0.2) is 51.4 Å². The van der Waals surface area contributed by atoms with Gasteiger partial charge in [-0.25, -0.2) is 0 Å². The number of benzene rings is 2. The average Bonchev–Trinajstić information content (AvgIpc) is 2.79. The number of hydrogen-bond acceptors (Lipinski definition) is 3. The fraction of sp³-hybridized carbons (Fsp3) is 0. The molecule has 1 heterocycles. The van der Waals surface area contributed by atoms with Gasteiger partial charge in [-0.05, 0) is 42.5 Å². The van der Waals surface area contributed by atoms with Crippen molar-refractivity contribution >= 4 is 50.0 Å². The summed E-state index contributed by atoms with van der Waals surface area (Å²) in [7, 11) is 0. The largest absolute Gasteiger partial charge is 0.453 e. The lowest BCUT2D eigenvalue weighted by Gasteiger charge is -2.01. The predicted octanol–water partition coefficient (Wildman–Crippen LogP) is 4.66. The second-order valence-electron chi connectivity index (χ2n) is 4.40. The molecule has 1 aromatic heterocycles. The van der Waals surface area contributed by atoms with Crippen LogP contribution in [0.2, 0.25) is 5.02 Å². The quantitative estimate of drug-likeness (QED) is 0.540. The molecule has 3 nitrogen and oxygen atoms in total. The summed E-state index contributed by atoms with van der Waals surface area (Å²) in [5.41, 5.74) is 7.36. The van der Waals surface area contributed by atoms with E-state index in [9.17, 15) is 4.79 Å². The molecule has 0 aliphatic carbocycles. The lowest BCUT2D eigenvalue weighted by molar-refractivity contribution is 0.101. The highest BCUT2D eigenvalue weighted by molar-refractivity contribution is 9.10. The molecule has 0 spiro atoms. The van der Waals surface area contributed by atoms with Crippen molar-refractivity contribution in [3.8, 4) is 0 Å². The molecule has 0 atom stereocenters. The van der Waals surface area contributed by atoms with Crippen molar-refractivity contribution < 1.29 is 9.21 Å². The van der Waals surface area contributed by atoms with Gasteiger partial charge in [0.1, 0.15) is 5.58 Å². The molecular formula is C15H9BrClNO2. The number of halogens is 2. The van der Waals surface area contributed by atoms with Gasteiger partial charge < -0.3 is 10.2 Å². The molecule has 0 aliphatic heterocycles. The summed E-state index contributed by atoms with van der Waals surface area (Å²) in [6, 6.07) is 12.0. The molecule has 0 saturated carbocycles. The first-order valence-electron chi connectivity index (χ1n) is 5.83. The zero-order valence-electron chi connectivity index (χ0n) is 10.2. The third kappa shape index (κ3) is 2.44. The van der Waals surface area contributed by atoms with E-state index in [0.717, 1.165) is 9.86 Å². The number of ketones is 1. The lowest BCUT2D eigenvalue weighted by Crippen LogP contribution is -2.00. The van der Waals surface area contributed by atoms with E-state index in [0.29, 0.717) is 21.9 Å². The number of anilines is 1. The third-order valence-electron chi connectivity index (χ3n) is 2.88. The maximum atomic E-state index is 12.4. The summed E-state index contributed by atoms with van der Waals surface area (Å²) in [6.45, 7) is 0. The van der Waals surface area contributed by atoms with Crippen LogP contribution in [-0.2, 0) is 0 Å². The van der Waals surface area contributed by atoms with Crippen LogP contribution in [0, 0.1) is 0 Å². The first-order valence-corrected chi connectivity index (χ1v) is 7.00. The van der Waals surface area contributed by atoms with Gasteiger partial charge in [-0.15, -0.1) is 0 Å². The number of fused-ring (bicyclic) bond motifs is 1. The number of rotatable bonds is 2. The van der Waals surface area contributed by atoms with Gasteiger partial charge in [0.2, 0.25) is 5.78 Å². The van der Waals surface area contributed by atoms with Gasteiger partial charge >= 0.3 is 0 Å². The molecule has 3 rings (SSSR count). The van der Waals surface area contributed by atoms with E-state index in [1.165, 1.54) is 0 Å². The second-order valence-corrected chi connectivity index (χ2v) is 5.75. The van der Waals surface area contributed by atoms with Gasteiger partial charge in [-0.1, -0.05) is 27.5 Å². The average molecular weight is 351 g/mol. The molecule has 0 bridgehead atoms. The molecule has 5 heteroatoms. The van der Waals surface area contributed by atoms with Gasteiger partial charge in [0, 0.05) is 26.1 Å². The molecule has 0 radical (unpaired) electrons. The molecule has 0 fully saturated rings. The Balaban J connectivity index is 2.07. The fourth-order valence-electron chi connectivity index (χ4n) is 2.01. The summed E-state index contributed by atoms with van der Waals surface area (Å²) < 4.78 is 6.30. The smallest absolute Gasteiger partial charge is 0.228 e. The Labute approximate surface area is 128 Å². The fourth-order valence-corrected chi connectivity index (χ4v) is 2.70. The van der Waals surface area contributed by atoms with E-state index < -0.39 is 0 Å². The molecule has 3 aromatic rings. The Morgan fingerprint density at radius 2 is 1.95 bits per heavy atom. The highest BCUT2D eigenvalue weighted by Gasteiger charge is 2.15. The zero-order valence-corrected chi connectivity index (χ0v) is 12.5. The van der Waals surface area contributed by atoms with Crippen molar-refractivity contribution in [2.45, 2.75) is 0 Å². The van der Waals surface area contributed by atoms with Crippen LogP contribution in [0.4, 0.5) is 5.69 Å². The third-order valence-corrected chi connectivity index (χ3v) is 3.58. The Morgan fingerprint density at radius 3 is 2.70 bits per heavy atom. The van der Waals surface area contributed by atoms with E-state index in [4.69, 9.17) is 21.8 Å². The van der Waals surface area contributed by atoms with Crippen LogP contribution >= 0.6 is 27.5 Å². The highest BCUT2D eigenvalue weighted by atomic mass is 79.9. The highest BCUT2D eigenvalue weighted by Crippen LogP contribution is 2.26. The zero-order chi connectivity index (χ0) is 14.3. The number of hydrogen-bond donors (Lipinski definition) is 1. The number of carbonyl (C=O) groups is 1. The molecular weight excluding hydrogens is 342 g/mol. The molecule has 100 valence electrons. The lowest BCUT2D eigenvalue weighted by atomic mass is 10.1. The van der Waals surface area contributed by atoms with Crippen molar-refractivity contribution in [1.29, 1.82) is 0 Å². The topological polar surface area (TPSA) is 56.2 Å². The summed E-state index contributed by atoms with van der Waals surface area (Å²) >= 11 is 9.23. The summed E-state index contributed by atoms with van der Waals surface area (Å²) in [4.78, 5) is 12.4. The van der Waals surface area contributed by atoms with Crippen LogP contribution in [0.1, 0.15) is 16.1 Å². The first-order chi connectivity index (χ1) is 9.52. The Kier molecular flexibility index (Phi) is 3.28. The van der Waals surface area contributed by atoms with Crippen molar-refractivity contribution in [3.63, 3.8) is 0 Å². The van der Waals surface area contributed by atoms with Gasteiger partial charge in [0.15, 0.2) is 5.76 Å². The Morgan fingerprint density at radius 1 is 1.15 bits per heavy atom. The molecule has 0 amide bonds. The minimum absolute atomic E-state index is 0.217. The SMILES string of the molecule is Nc1cc(Br)cc(C(=O)c2cc3cc(Cl)ccc3o2)c1. The molecule has 20 heavy (non-hydrogen) atoms. The van der Waals surface area contributed by atoms with E-state index in [-0.39, 0.29) is 11.5 Å². The number of nitrogens with two attached hydrogens (primary N) is 1. The first kappa shape index (κ1) is 13.2. The van der Waals surface area contributed by atoms with E-state index in [1.54, 1.807) is 42.5 Å². The minimum atomic E-state index is -0.217. The summed E-state index contributed by atoms with van der Waals surface area (Å²) in [5, 5.41) is 1.40. The van der Waals surface area contributed by atoms with Crippen LogP contribution in [0.5, 0.6) is 0 Å². The Hall–Kier alpha value is -1.78. The predicted molar refractivity (Wildman–Crippen MR) is 83.2 cm³/mol. The van der Waals surface area contributed by atoms with E-state index in [1.807, 2.05) is 0 Å². The van der Waals surface area contributed by atoms with Crippen molar-refractivity contribution in [2.75, 3.05) is 5.73 Å². The van der Waals surface area contributed by atoms with Crippen molar-refractivity contribution in [3.05, 3.63) is 63.3 Å². The number of nitrogen functional groups attached to an aromatic ring is 1. The number of carbonyl (C=O) groups excluding carboxylic acids is 1. The molecule has 2 N–H and O–H groups in total. The second kappa shape index (κ2) is 4.96. The Bertz CT molecular complexity index is 806. The van der Waals surface area contributed by atoms with Crippen LogP contribution in [-0.4, -0.2) is 5.78 Å². The molecule has 0 unspecified atom stereocenters. The molecule has 0 saturated heterocycles. The van der Waals surface area contributed by atoms with Crippen LogP contribution in [0.3, 0.4) is 0 Å². The van der Waals surface area contributed by atoms with Crippen LogP contribution in [0.25, 0.3) is 11.0 Å².